The Hall–Kier alpha value is -2.09. The Balaban J connectivity index is 1.91. The minimum Gasteiger partial charge on any atom is -0.477 e. The molecule has 0 bridgehead atoms. The van der Waals surface area contributed by atoms with Crippen LogP contribution in [-0.2, 0) is 4.74 Å². The van der Waals surface area contributed by atoms with Crippen molar-refractivity contribution in [1.29, 1.82) is 0 Å². The van der Waals surface area contributed by atoms with Crippen LogP contribution >= 0.6 is 11.6 Å². The van der Waals surface area contributed by atoms with E-state index in [0.717, 1.165) is 25.7 Å². The molecule has 1 aliphatic carbocycles. The Bertz CT molecular complexity index is 576. The number of carbonyl (C=O) groups is 2. The summed E-state index contributed by atoms with van der Waals surface area (Å²) in [4.78, 5) is 30.2. The minimum absolute atomic E-state index is 0.00448. The number of aromatic nitrogens is 2. The van der Waals surface area contributed by atoms with Crippen molar-refractivity contribution >= 4 is 29.5 Å². The molecule has 0 spiro atoms. The van der Waals surface area contributed by atoms with Gasteiger partial charge in [0.15, 0.2) is 0 Å². The van der Waals surface area contributed by atoms with E-state index in [0.29, 0.717) is 6.61 Å². The molecule has 0 unspecified atom stereocenters. The molecule has 2 rings (SSSR count). The molecule has 1 amide bonds. The van der Waals surface area contributed by atoms with Crippen LogP contribution in [0.25, 0.3) is 0 Å². The highest BCUT2D eigenvalue weighted by atomic mass is 35.5. The number of hydrogen-bond acceptors (Lipinski definition) is 6. The predicted octanol–water partition coefficient (Wildman–Crippen LogP) is 2.30. The molecule has 126 valence electrons. The van der Waals surface area contributed by atoms with Crippen LogP contribution in [0.4, 0.5) is 10.6 Å². The molecule has 3 N–H and O–H groups in total. The fourth-order valence-corrected chi connectivity index (χ4v) is 2.68. The summed E-state index contributed by atoms with van der Waals surface area (Å²) in [6, 6.07) is 0.138. The average molecular weight is 343 g/mol. The van der Waals surface area contributed by atoms with Gasteiger partial charge in [-0.1, -0.05) is 0 Å². The van der Waals surface area contributed by atoms with Gasteiger partial charge >= 0.3 is 12.1 Å². The average Bonchev–Trinajstić information content (AvgIpc) is 2.49. The molecule has 0 aromatic carbocycles. The van der Waals surface area contributed by atoms with E-state index in [4.69, 9.17) is 21.4 Å². The van der Waals surface area contributed by atoms with Gasteiger partial charge in [-0.15, -0.1) is 0 Å². The van der Waals surface area contributed by atoms with Gasteiger partial charge in [0.1, 0.15) is 11.4 Å². The number of carboxylic acids is 1. The van der Waals surface area contributed by atoms with Crippen LogP contribution in [0.1, 0.15) is 43.0 Å². The first-order valence-electron chi connectivity index (χ1n) is 7.45. The van der Waals surface area contributed by atoms with Gasteiger partial charge in [0.2, 0.25) is 5.28 Å². The third-order valence-corrected chi connectivity index (χ3v) is 3.84. The zero-order valence-electron chi connectivity index (χ0n) is 12.7. The Morgan fingerprint density at radius 3 is 2.61 bits per heavy atom. The molecule has 8 nitrogen and oxygen atoms in total. The molecular formula is C14H19ClN4O4. The number of hydrogen-bond donors (Lipinski definition) is 3. The number of amides is 1. The minimum atomic E-state index is -1.11. The van der Waals surface area contributed by atoms with Gasteiger partial charge in [-0.3, -0.25) is 0 Å². The third kappa shape index (κ3) is 4.95. The number of ether oxygens (including phenoxy) is 1. The lowest BCUT2D eigenvalue weighted by atomic mass is 9.91. The molecule has 0 aliphatic heterocycles. The van der Waals surface area contributed by atoms with Gasteiger partial charge in [-0.2, -0.15) is 4.98 Å². The summed E-state index contributed by atoms with van der Waals surface area (Å²) in [5.41, 5.74) is -0.0128. The lowest BCUT2D eigenvalue weighted by Gasteiger charge is -2.29. The van der Waals surface area contributed by atoms with Crippen LogP contribution in [0.5, 0.6) is 0 Å². The number of halogens is 1. The Morgan fingerprint density at radius 1 is 1.35 bits per heavy atom. The SMILES string of the molecule is CCOC(=O)N[C@H]1CC[C@@H](Nc2nc(Cl)ncc2C(=O)O)CC1. The summed E-state index contributed by atoms with van der Waals surface area (Å²) in [7, 11) is 0. The monoisotopic (exact) mass is 342 g/mol. The number of rotatable bonds is 5. The zero-order chi connectivity index (χ0) is 16.8. The summed E-state index contributed by atoms with van der Waals surface area (Å²) in [5, 5.41) is 15.1. The number of aromatic carboxylic acids is 1. The maximum absolute atomic E-state index is 11.4. The topological polar surface area (TPSA) is 113 Å². The molecule has 23 heavy (non-hydrogen) atoms. The van der Waals surface area contributed by atoms with E-state index in [2.05, 4.69) is 20.6 Å². The molecule has 0 atom stereocenters. The molecule has 1 aromatic heterocycles. The van der Waals surface area contributed by atoms with Crippen LogP contribution in [0.2, 0.25) is 5.28 Å². The predicted molar refractivity (Wildman–Crippen MR) is 83.8 cm³/mol. The number of carbonyl (C=O) groups excluding carboxylic acids is 1. The van der Waals surface area contributed by atoms with Crippen molar-refractivity contribution < 1.29 is 19.4 Å². The fourth-order valence-electron chi connectivity index (χ4n) is 2.54. The summed E-state index contributed by atoms with van der Waals surface area (Å²) in [5.74, 6) is -0.888. The van der Waals surface area contributed by atoms with E-state index < -0.39 is 12.1 Å². The highest BCUT2D eigenvalue weighted by Gasteiger charge is 2.24. The molecule has 1 aliphatic rings. The van der Waals surface area contributed by atoms with Crippen LogP contribution < -0.4 is 10.6 Å². The smallest absolute Gasteiger partial charge is 0.407 e. The standard InChI is InChI=1S/C14H19ClN4O4/c1-2-23-14(22)18-9-5-3-8(4-6-9)17-11-10(12(20)21)7-16-13(15)19-11/h7-9H,2-6H2,1H3,(H,18,22)(H,20,21)(H,16,17,19)/t8-,9+. The summed E-state index contributed by atoms with van der Waals surface area (Å²) >= 11 is 5.73. The van der Waals surface area contributed by atoms with Gasteiger partial charge in [-0.25, -0.2) is 14.6 Å². The second-order valence-corrected chi connectivity index (χ2v) is 5.60. The highest BCUT2D eigenvalue weighted by Crippen LogP contribution is 2.23. The molecule has 9 heteroatoms. The molecular weight excluding hydrogens is 324 g/mol. The maximum Gasteiger partial charge on any atom is 0.407 e. The van der Waals surface area contributed by atoms with Gasteiger partial charge in [-0.05, 0) is 44.2 Å². The van der Waals surface area contributed by atoms with Crippen molar-refractivity contribution in [2.45, 2.75) is 44.7 Å². The van der Waals surface area contributed by atoms with Crippen LogP contribution in [-0.4, -0.2) is 45.8 Å². The van der Waals surface area contributed by atoms with Crippen molar-refractivity contribution in [3.05, 3.63) is 17.0 Å². The molecule has 1 aromatic rings. The largest absolute Gasteiger partial charge is 0.477 e. The van der Waals surface area contributed by atoms with Crippen molar-refractivity contribution in [3.63, 3.8) is 0 Å². The summed E-state index contributed by atoms with van der Waals surface area (Å²) in [6.45, 7) is 2.10. The Kier molecular flexibility index (Phi) is 5.97. The molecule has 1 heterocycles. The van der Waals surface area contributed by atoms with Crippen LogP contribution in [0.15, 0.2) is 6.20 Å². The Morgan fingerprint density at radius 2 is 2.00 bits per heavy atom. The normalized spacial score (nSPS) is 20.6. The lowest BCUT2D eigenvalue weighted by molar-refractivity contribution is 0.0697. The first-order chi connectivity index (χ1) is 11.0. The first-order valence-corrected chi connectivity index (χ1v) is 7.83. The van der Waals surface area contributed by atoms with Crippen LogP contribution in [0.3, 0.4) is 0 Å². The Labute approximate surface area is 138 Å². The second-order valence-electron chi connectivity index (χ2n) is 5.26. The van der Waals surface area contributed by atoms with Gasteiger partial charge in [0.05, 0.1) is 6.61 Å². The molecule has 1 fully saturated rings. The van der Waals surface area contributed by atoms with Crippen molar-refractivity contribution in [2.24, 2.45) is 0 Å². The van der Waals surface area contributed by atoms with E-state index in [9.17, 15) is 9.59 Å². The van der Waals surface area contributed by atoms with E-state index in [1.54, 1.807) is 6.92 Å². The quantitative estimate of drug-likeness (QED) is 0.703. The van der Waals surface area contributed by atoms with Crippen molar-refractivity contribution in [1.82, 2.24) is 15.3 Å². The number of carboxylic acid groups (broad SMARTS) is 1. The summed E-state index contributed by atoms with van der Waals surface area (Å²) in [6.07, 6.45) is 3.89. The van der Waals surface area contributed by atoms with E-state index in [1.165, 1.54) is 6.20 Å². The second kappa shape index (κ2) is 7.96. The number of nitrogens with zero attached hydrogens (tertiary/aromatic N) is 2. The van der Waals surface area contributed by atoms with Crippen molar-refractivity contribution in [2.75, 3.05) is 11.9 Å². The fraction of sp³-hybridized carbons (Fsp3) is 0.571. The molecule has 0 saturated heterocycles. The zero-order valence-corrected chi connectivity index (χ0v) is 13.5. The van der Waals surface area contributed by atoms with E-state index in [-0.39, 0.29) is 28.7 Å². The maximum atomic E-state index is 11.4. The van der Waals surface area contributed by atoms with Gasteiger partial charge in [0.25, 0.3) is 0 Å². The van der Waals surface area contributed by atoms with Gasteiger partial charge < -0.3 is 20.5 Å². The third-order valence-electron chi connectivity index (χ3n) is 3.66. The number of anilines is 1. The van der Waals surface area contributed by atoms with Gasteiger partial charge in [0, 0.05) is 18.3 Å². The number of alkyl carbamates (subject to hydrolysis) is 1. The molecule has 1 saturated carbocycles. The van der Waals surface area contributed by atoms with E-state index >= 15 is 0 Å². The number of nitrogens with one attached hydrogen (secondary N) is 2. The summed E-state index contributed by atoms with van der Waals surface area (Å²) < 4.78 is 4.86. The lowest BCUT2D eigenvalue weighted by Crippen LogP contribution is -2.40. The van der Waals surface area contributed by atoms with E-state index in [1.807, 2.05) is 0 Å². The molecule has 0 radical (unpaired) electrons. The highest BCUT2D eigenvalue weighted by molar-refractivity contribution is 6.28. The first kappa shape index (κ1) is 17.3. The van der Waals surface area contributed by atoms with Crippen LogP contribution in [0, 0.1) is 0 Å². The van der Waals surface area contributed by atoms with Crippen molar-refractivity contribution in [3.8, 4) is 0 Å².